The van der Waals surface area contributed by atoms with Gasteiger partial charge in [0.1, 0.15) is 0 Å². The molecule has 0 saturated carbocycles. The van der Waals surface area contributed by atoms with Gasteiger partial charge in [0.05, 0.1) is 24.4 Å². The SMILES string of the molecule is Cc1c([C@@H](C)NC(=O)Cc2csc(N3CCCC3=O)n2)cnn1C. The summed E-state index contributed by atoms with van der Waals surface area (Å²) in [6.07, 6.45) is 3.44. The molecule has 0 aromatic carbocycles. The van der Waals surface area contributed by atoms with Gasteiger partial charge in [-0.3, -0.25) is 19.2 Å². The lowest BCUT2D eigenvalue weighted by atomic mass is 10.1. The molecule has 1 N–H and O–H groups in total. The van der Waals surface area contributed by atoms with Crippen molar-refractivity contribution < 1.29 is 9.59 Å². The largest absolute Gasteiger partial charge is 0.349 e. The van der Waals surface area contributed by atoms with Crippen molar-refractivity contribution in [2.75, 3.05) is 11.4 Å². The zero-order valence-corrected chi connectivity index (χ0v) is 14.9. The maximum absolute atomic E-state index is 12.3. The maximum Gasteiger partial charge on any atom is 0.228 e. The Kier molecular flexibility index (Phi) is 4.66. The number of carbonyl (C=O) groups excluding carboxylic acids is 2. The molecule has 2 aromatic rings. The van der Waals surface area contributed by atoms with Crippen molar-refractivity contribution >= 4 is 28.3 Å². The number of anilines is 1. The number of aryl methyl sites for hydroxylation is 1. The normalized spacial score (nSPS) is 15.8. The lowest BCUT2D eigenvalue weighted by Crippen LogP contribution is -2.28. The summed E-state index contributed by atoms with van der Waals surface area (Å²) in [6.45, 7) is 4.64. The molecule has 24 heavy (non-hydrogen) atoms. The summed E-state index contributed by atoms with van der Waals surface area (Å²) in [6, 6.07) is -0.107. The van der Waals surface area contributed by atoms with Gasteiger partial charge >= 0.3 is 0 Å². The fourth-order valence-electron chi connectivity index (χ4n) is 2.83. The number of thiazole rings is 1. The first-order chi connectivity index (χ1) is 11.5. The standard InChI is InChI=1S/C16H21N5O2S/c1-10(13-8-17-20(3)11(13)2)18-14(22)7-12-9-24-16(19-12)21-6-4-5-15(21)23/h8-10H,4-7H2,1-3H3,(H,18,22)/t10-/m1/s1. The highest BCUT2D eigenvalue weighted by molar-refractivity contribution is 7.14. The van der Waals surface area contributed by atoms with Crippen LogP contribution in [0.3, 0.4) is 0 Å². The topological polar surface area (TPSA) is 80.1 Å². The molecule has 1 aliphatic heterocycles. The van der Waals surface area contributed by atoms with Crippen LogP contribution in [-0.2, 0) is 23.1 Å². The molecule has 1 aliphatic rings. The molecule has 2 aromatic heterocycles. The smallest absolute Gasteiger partial charge is 0.228 e. The summed E-state index contributed by atoms with van der Waals surface area (Å²) in [5, 5.41) is 9.72. The van der Waals surface area contributed by atoms with Gasteiger partial charge in [0.25, 0.3) is 0 Å². The van der Waals surface area contributed by atoms with Crippen LogP contribution in [0.5, 0.6) is 0 Å². The summed E-state index contributed by atoms with van der Waals surface area (Å²) in [7, 11) is 1.88. The Labute approximate surface area is 144 Å². The number of nitrogens with zero attached hydrogens (tertiary/aromatic N) is 4. The monoisotopic (exact) mass is 347 g/mol. The second-order valence-corrected chi connectivity index (χ2v) is 6.88. The summed E-state index contributed by atoms with van der Waals surface area (Å²) >= 11 is 1.41. The third-order valence-electron chi connectivity index (χ3n) is 4.30. The van der Waals surface area contributed by atoms with Crippen LogP contribution in [0.25, 0.3) is 0 Å². The highest BCUT2D eigenvalue weighted by Crippen LogP contribution is 2.25. The van der Waals surface area contributed by atoms with E-state index < -0.39 is 0 Å². The number of aromatic nitrogens is 3. The summed E-state index contributed by atoms with van der Waals surface area (Å²) in [5.41, 5.74) is 2.74. The molecule has 0 bridgehead atoms. The molecule has 2 amide bonds. The molecule has 3 rings (SSSR count). The van der Waals surface area contributed by atoms with Gasteiger partial charge in [0.15, 0.2) is 5.13 Å². The van der Waals surface area contributed by atoms with E-state index in [-0.39, 0.29) is 24.3 Å². The zero-order chi connectivity index (χ0) is 17.3. The van der Waals surface area contributed by atoms with Gasteiger partial charge in [-0.05, 0) is 20.3 Å². The molecule has 0 unspecified atom stereocenters. The second-order valence-electron chi connectivity index (χ2n) is 6.05. The minimum atomic E-state index is -0.107. The summed E-state index contributed by atoms with van der Waals surface area (Å²) in [4.78, 5) is 30.1. The van der Waals surface area contributed by atoms with Crippen LogP contribution >= 0.6 is 11.3 Å². The van der Waals surface area contributed by atoms with Crippen LogP contribution in [0.4, 0.5) is 5.13 Å². The molecule has 1 fully saturated rings. The molecule has 0 aliphatic carbocycles. The Hall–Kier alpha value is -2.22. The van der Waals surface area contributed by atoms with Gasteiger partial charge in [-0.2, -0.15) is 5.10 Å². The molecule has 128 valence electrons. The van der Waals surface area contributed by atoms with Crippen LogP contribution in [-0.4, -0.2) is 33.1 Å². The van der Waals surface area contributed by atoms with Gasteiger partial charge in [-0.15, -0.1) is 11.3 Å². The molecule has 1 atom stereocenters. The van der Waals surface area contributed by atoms with Crippen LogP contribution < -0.4 is 10.2 Å². The van der Waals surface area contributed by atoms with Crippen molar-refractivity contribution in [2.24, 2.45) is 7.05 Å². The lowest BCUT2D eigenvalue weighted by Gasteiger charge is -2.13. The first-order valence-electron chi connectivity index (χ1n) is 7.98. The van der Waals surface area contributed by atoms with E-state index in [1.165, 1.54) is 11.3 Å². The van der Waals surface area contributed by atoms with Gasteiger partial charge in [0, 0.05) is 36.7 Å². The van der Waals surface area contributed by atoms with Crippen molar-refractivity contribution in [1.29, 1.82) is 0 Å². The van der Waals surface area contributed by atoms with E-state index in [0.29, 0.717) is 17.2 Å². The minimum Gasteiger partial charge on any atom is -0.349 e. The number of nitrogens with one attached hydrogen (secondary N) is 1. The molecular weight excluding hydrogens is 326 g/mol. The maximum atomic E-state index is 12.3. The fraction of sp³-hybridized carbons (Fsp3) is 0.500. The van der Waals surface area contributed by atoms with E-state index in [0.717, 1.165) is 24.2 Å². The van der Waals surface area contributed by atoms with Crippen LogP contribution in [0, 0.1) is 6.92 Å². The average Bonchev–Trinajstić information content (AvgIpc) is 3.22. The Morgan fingerprint density at radius 1 is 1.50 bits per heavy atom. The zero-order valence-electron chi connectivity index (χ0n) is 14.1. The van der Waals surface area contributed by atoms with Crippen LogP contribution in [0.15, 0.2) is 11.6 Å². The van der Waals surface area contributed by atoms with Crippen LogP contribution in [0.1, 0.15) is 42.8 Å². The van der Waals surface area contributed by atoms with Gasteiger partial charge < -0.3 is 5.32 Å². The number of rotatable bonds is 5. The molecule has 8 heteroatoms. The van der Waals surface area contributed by atoms with Crippen LogP contribution in [0.2, 0.25) is 0 Å². The number of amides is 2. The molecule has 0 spiro atoms. The number of hydrogen-bond donors (Lipinski definition) is 1. The Balaban J connectivity index is 1.60. The fourth-order valence-corrected chi connectivity index (χ4v) is 3.70. The minimum absolute atomic E-state index is 0.0876. The van der Waals surface area contributed by atoms with Crippen molar-refractivity contribution in [1.82, 2.24) is 20.1 Å². The van der Waals surface area contributed by atoms with Gasteiger partial charge in [-0.25, -0.2) is 4.98 Å². The van der Waals surface area contributed by atoms with E-state index in [1.54, 1.807) is 15.8 Å². The molecular formula is C16H21N5O2S. The third kappa shape index (κ3) is 3.33. The molecule has 1 saturated heterocycles. The van der Waals surface area contributed by atoms with Crippen molar-refractivity contribution in [3.05, 3.63) is 28.5 Å². The first kappa shape index (κ1) is 16.6. The number of hydrogen-bond acceptors (Lipinski definition) is 5. The van der Waals surface area contributed by atoms with Gasteiger partial charge in [-0.1, -0.05) is 0 Å². The predicted molar refractivity (Wildman–Crippen MR) is 91.9 cm³/mol. The van der Waals surface area contributed by atoms with E-state index in [4.69, 9.17) is 0 Å². The lowest BCUT2D eigenvalue weighted by molar-refractivity contribution is -0.121. The molecule has 0 radical (unpaired) electrons. The van der Waals surface area contributed by atoms with Gasteiger partial charge in [0.2, 0.25) is 11.8 Å². The first-order valence-corrected chi connectivity index (χ1v) is 8.86. The Morgan fingerprint density at radius 3 is 2.92 bits per heavy atom. The summed E-state index contributed by atoms with van der Waals surface area (Å²) in [5.74, 6) is 0.0244. The Bertz CT molecular complexity index is 766. The second kappa shape index (κ2) is 6.72. The average molecular weight is 347 g/mol. The van der Waals surface area contributed by atoms with E-state index in [1.807, 2.05) is 26.3 Å². The summed E-state index contributed by atoms with van der Waals surface area (Å²) < 4.78 is 1.79. The highest BCUT2D eigenvalue weighted by atomic mass is 32.1. The number of carbonyl (C=O) groups is 2. The predicted octanol–water partition coefficient (Wildman–Crippen LogP) is 1.73. The van der Waals surface area contributed by atoms with E-state index >= 15 is 0 Å². The van der Waals surface area contributed by atoms with Crippen molar-refractivity contribution in [2.45, 2.75) is 39.2 Å². The molecule has 3 heterocycles. The van der Waals surface area contributed by atoms with E-state index in [2.05, 4.69) is 15.4 Å². The highest BCUT2D eigenvalue weighted by Gasteiger charge is 2.24. The van der Waals surface area contributed by atoms with Crippen molar-refractivity contribution in [3.8, 4) is 0 Å². The third-order valence-corrected chi connectivity index (χ3v) is 5.22. The quantitative estimate of drug-likeness (QED) is 0.893. The van der Waals surface area contributed by atoms with Crippen molar-refractivity contribution in [3.63, 3.8) is 0 Å². The van der Waals surface area contributed by atoms with E-state index in [9.17, 15) is 9.59 Å². The molecule has 7 nitrogen and oxygen atoms in total. The Morgan fingerprint density at radius 2 is 2.29 bits per heavy atom.